The number of carbonyl (C=O) groups is 2. The quantitative estimate of drug-likeness (QED) is 0.797. The van der Waals surface area contributed by atoms with E-state index in [1.165, 1.54) is 11.0 Å². The highest BCUT2D eigenvalue weighted by Crippen LogP contribution is 2.10. The maximum absolute atomic E-state index is 12.0. The van der Waals surface area contributed by atoms with Crippen LogP contribution in [0.15, 0.2) is 30.6 Å². The Kier molecular flexibility index (Phi) is 5.40. The van der Waals surface area contributed by atoms with Gasteiger partial charge >= 0.3 is 5.97 Å². The van der Waals surface area contributed by atoms with E-state index in [0.717, 1.165) is 0 Å². The van der Waals surface area contributed by atoms with Crippen molar-refractivity contribution < 1.29 is 14.3 Å². The molecular formula is C15H19N5O3. The van der Waals surface area contributed by atoms with Crippen LogP contribution in [0.1, 0.15) is 31.1 Å². The van der Waals surface area contributed by atoms with Crippen molar-refractivity contribution in [2.24, 2.45) is 5.92 Å². The summed E-state index contributed by atoms with van der Waals surface area (Å²) in [5, 5.41) is 13.6. The maximum Gasteiger partial charge on any atom is 0.338 e. The number of hydrogen-bond acceptors (Lipinski definition) is 6. The van der Waals surface area contributed by atoms with Gasteiger partial charge in [0.1, 0.15) is 6.33 Å². The van der Waals surface area contributed by atoms with Gasteiger partial charge in [0.25, 0.3) is 5.91 Å². The fourth-order valence-corrected chi connectivity index (χ4v) is 1.73. The molecule has 0 spiro atoms. The Morgan fingerprint density at radius 1 is 1.30 bits per heavy atom. The molecule has 0 saturated carbocycles. The second-order valence-corrected chi connectivity index (χ2v) is 5.48. The van der Waals surface area contributed by atoms with Gasteiger partial charge in [-0.25, -0.2) is 9.48 Å². The average Bonchev–Trinajstić information content (AvgIpc) is 3.07. The lowest BCUT2D eigenvalue weighted by Crippen LogP contribution is -2.38. The summed E-state index contributed by atoms with van der Waals surface area (Å²) in [6.45, 7) is 5.59. The number of hydrogen-bond donors (Lipinski definition) is 1. The SMILES string of the molecule is CC(C)[C@@H](C)NC(=O)COC(=O)c1cccc(-n2cnnn2)c1. The molecule has 8 heteroatoms. The highest BCUT2D eigenvalue weighted by atomic mass is 16.5. The first-order valence-electron chi connectivity index (χ1n) is 7.27. The Morgan fingerprint density at radius 2 is 2.09 bits per heavy atom. The predicted molar refractivity (Wildman–Crippen MR) is 81.9 cm³/mol. The van der Waals surface area contributed by atoms with Crippen molar-refractivity contribution in [3.05, 3.63) is 36.2 Å². The predicted octanol–water partition coefficient (Wildman–Crippen LogP) is 0.980. The molecule has 122 valence electrons. The van der Waals surface area contributed by atoms with Gasteiger partial charge in [0.05, 0.1) is 11.3 Å². The van der Waals surface area contributed by atoms with Gasteiger partial charge in [0, 0.05) is 6.04 Å². The summed E-state index contributed by atoms with van der Waals surface area (Å²) in [6, 6.07) is 6.65. The molecule has 0 aliphatic rings. The highest BCUT2D eigenvalue weighted by molar-refractivity contribution is 5.91. The van der Waals surface area contributed by atoms with Gasteiger partial charge in [0.15, 0.2) is 6.61 Å². The first kappa shape index (κ1) is 16.6. The summed E-state index contributed by atoms with van der Waals surface area (Å²) in [5.41, 5.74) is 0.949. The molecule has 2 rings (SSSR count). The van der Waals surface area contributed by atoms with Gasteiger partial charge in [-0.15, -0.1) is 5.10 Å². The van der Waals surface area contributed by atoms with Crippen LogP contribution in [0.2, 0.25) is 0 Å². The molecule has 0 bridgehead atoms. The summed E-state index contributed by atoms with van der Waals surface area (Å²) < 4.78 is 6.46. The van der Waals surface area contributed by atoms with E-state index in [1.807, 2.05) is 20.8 Å². The number of carbonyl (C=O) groups excluding carboxylic acids is 2. The first-order chi connectivity index (χ1) is 11.0. The van der Waals surface area contributed by atoms with Crippen LogP contribution < -0.4 is 5.32 Å². The molecule has 0 unspecified atom stereocenters. The molecule has 0 radical (unpaired) electrons. The molecule has 2 aromatic rings. The van der Waals surface area contributed by atoms with Gasteiger partial charge in [-0.2, -0.15) is 0 Å². The van der Waals surface area contributed by atoms with Crippen molar-refractivity contribution in [2.45, 2.75) is 26.8 Å². The van der Waals surface area contributed by atoms with E-state index in [1.54, 1.807) is 24.3 Å². The molecule has 1 heterocycles. The molecule has 0 saturated heterocycles. The van der Waals surface area contributed by atoms with E-state index in [4.69, 9.17) is 4.74 Å². The molecule has 8 nitrogen and oxygen atoms in total. The fourth-order valence-electron chi connectivity index (χ4n) is 1.73. The number of benzene rings is 1. The zero-order chi connectivity index (χ0) is 16.8. The van der Waals surface area contributed by atoms with Crippen LogP contribution in [-0.2, 0) is 9.53 Å². The van der Waals surface area contributed by atoms with Gasteiger partial charge in [-0.3, -0.25) is 4.79 Å². The third-order valence-electron chi connectivity index (χ3n) is 3.42. The Morgan fingerprint density at radius 3 is 2.74 bits per heavy atom. The third kappa shape index (κ3) is 4.60. The van der Waals surface area contributed by atoms with Crippen LogP contribution in [-0.4, -0.2) is 44.7 Å². The van der Waals surface area contributed by atoms with Crippen LogP contribution >= 0.6 is 0 Å². The lowest BCUT2D eigenvalue weighted by Gasteiger charge is -2.17. The van der Waals surface area contributed by atoms with E-state index >= 15 is 0 Å². The smallest absolute Gasteiger partial charge is 0.338 e. The lowest BCUT2D eigenvalue weighted by atomic mass is 10.1. The number of ether oxygens (including phenoxy) is 1. The Bertz CT molecular complexity index is 670. The normalized spacial score (nSPS) is 12.0. The summed E-state index contributed by atoms with van der Waals surface area (Å²) in [5.74, 6) is -0.592. The summed E-state index contributed by atoms with van der Waals surface area (Å²) >= 11 is 0. The Balaban J connectivity index is 1.94. The maximum atomic E-state index is 12.0. The minimum atomic E-state index is -0.577. The van der Waals surface area contributed by atoms with E-state index in [-0.39, 0.29) is 18.6 Å². The summed E-state index contributed by atoms with van der Waals surface area (Å²) in [6.07, 6.45) is 1.42. The molecule has 0 aliphatic heterocycles. The molecule has 0 fully saturated rings. The van der Waals surface area contributed by atoms with Gasteiger partial charge < -0.3 is 10.1 Å². The molecule has 1 aromatic heterocycles. The van der Waals surface area contributed by atoms with Crippen LogP contribution in [0.5, 0.6) is 0 Å². The summed E-state index contributed by atoms with van der Waals surface area (Å²) in [7, 11) is 0. The van der Waals surface area contributed by atoms with Gasteiger partial charge in [-0.1, -0.05) is 19.9 Å². The van der Waals surface area contributed by atoms with E-state index in [0.29, 0.717) is 17.2 Å². The zero-order valence-electron chi connectivity index (χ0n) is 13.3. The monoisotopic (exact) mass is 317 g/mol. The number of nitrogens with one attached hydrogen (secondary N) is 1. The molecule has 1 aromatic carbocycles. The van der Waals surface area contributed by atoms with Crippen molar-refractivity contribution in [3.63, 3.8) is 0 Å². The number of amides is 1. The standard InChI is InChI=1S/C15H19N5O3/c1-10(2)11(3)17-14(21)8-23-15(22)12-5-4-6-13(7-12)20-9-16-18-19-20/h4-7,9-11H,8H2,1-3H3,(H,17,21)/t11-/m1/s1. The van der Waals surface area contributed by atoms with Crippen molar-refractivity contribution in [3.8, 4) is 5.69 Å². The third-order valence-corrected chi connectivity index (χ3v) is 3.42. The molecular weight excluding hydrogens is 298 g/mol. The van der Waals surface area contributed by atoms with Crippen molar-refractivity contribution in [2.75, 3.05) is 6.61 Å². The number of aromatic nitrogens is 4. The molecule has 1 amide bonds. The fraction of sp³-hybridized carbons (Fsp3) is 0.400. The Labute approximate surface area is 133 Å². The van der Waals surface area contributed by atoms with Crippen molar-refractivity contribution >= 4 is 11.9 Å². The molecule has 1 atom stereocenters. The number of nitrogens with zero attached hydrogens (tertiary/aromatic N) is 4. The van der Waals surface area contributed by atoms with E-state index in [9.17, 15) is 9.59 Å². The number of tetrazole rings is 1. The van der Waals surface area contributed by atoms with Gasteiger partial charge in [0.2, 0.25) is 0 Å². The topological polar surface area (TPSA) is 99.0 Å². The minimum Gasteiger partial charge on any atom is -0.452 e. The van der Waals surface area contributed by atoms with Crippen LogP contribution in [0.4, 0.5) is 0 Å². The van der Waals surface area contributed by atoms with Crippen molar-refractivity contribution in [1.29, 1.82) is 0 Å². The summed E-state index contributed by atoms with van der Waals surface area (Å²) in [4.78, 5) is 23.8. The second-order valence-electron chi connectivity index (χ2n) is 5.48. The lowest BCUT2D eigenvalue weighted by molar-refractivity contribution is -0.125. The first-order valence-corrected chi connectivity index (χ1v) is 7.27. The molecule has 23 heavy (non-hydrogen) atoms. The molecule has 1 N–H and O–H groups in total. The molecule has 0 aliphatic carbocycles. The Hall–Kier alpha value is -2.77. The average molecular weight is 317 g/mol. The van der Waals surface area contributed by atoms with Crippen LogP contribution in [0.3, 0.4) is 0 Å². The van der Waals surface area contributed by atoms with Crippen LogP contribution in [0.25, 0.3) is 5.69 Å². The highest BCUT2D eigenvalue weighted by Gasteiger charge is 2.14. The van der Waals surface area contributed by atoms with Crippen LogP contribution in [0, 0.1) is 5.92 Å². The minimum absolute atomic E-state index is 0.0179. The second kappa shape index (κ2) is 7.48. The number of esters is 1. The van der Waals surface area contributed by atoms with E-state index in [2.05, 4.69) is 20.8 Å². The zero-order valence-corrected chi connectivity index (χ0v) is 13.3. The van der Waals surface area contributed by atoms with Gasteiger partial charge in [-0.05, 0) is 41.5 Å². The number of rotatable bonds is 6. The largest absolute Gasteiger partial charge is 0.452 e. The van der Waals surface area contributed by atoms with Crippen molar-refractivity contribution in [1.82, 2.24) is 25.5 Å². The van der Waals surface area contributed by atoms with E-state index < -0.39 is 5.97 Å².